The molecule has 0 spiro atoms. The van der Waals surface area contributed by atoms with Gasteiger partial charge in [-0.3, -0.25) is 14.9 Å². The number of aromatic nitrogens is 2. The average Bonchev–Trinajstić information content (AvgIpc) is 2.94. The topological polar surface area (TPSA) is 50.3 Å². The molecular weight excluding hydrogens is 288 g/mol. The van der Waals surface area contributed by atoms with E-state index in [9.17, 15) is 0 Å². The zero-order valence-corrected chi connectivity index (χ0v) is 13.5. The van der Waals surface area contributed by atoms with E-state index in [1.54, 1.807) is 0 Å². The van der Waals surface area contributed by atoms with Crippen molar-refractivity contribution in [3.8, 4) is 0 Å². The summed E-state index contributed by atoms with van der Waals surface area (Å²) in [5, 5.41) is 3.58. The lowest BCUT2D eigenvalue weighted by Gasteiger charge is -2.28. The average molecular weight is 310 g/mol. The molecule has 0 atom stereocenters. The third kappa shape index (κ3) is 3.21. The molecule has 0 radical (unpaired) electrons. The molecule has 0 aliphatic carbocycles. The highest BCUT2D eigenvalue weighted by atomic mass is 16.5. The standard InChI is InChI=1S/C18H22N4O/c1-13-2-3-14(20-8-13)5-7-22-9-16-17(21-15-11-23-12-15)4-6-19-18(16)10-22/h2-4,6,8,15H,5,7,9-12H2,1H3,(H,19,21). The normalized spacial score (nSPS) is 17.8. The molecule has 0 aromatic carbocycles. The summed E-state index contributed by atoms with van der Waals surface area (Å²) in [4.78, 5) is 11.5. The maximum atomic E-state index is 5.25. The predicted octanol–water partition coefficient (Wildman–Crippen LogP) is 2.15. The molecule has 0 unspecified atom stereocenters. The first kappa shape index (κ1) is 14.6. The van der Waals surface area contributed by atoms with Crippen LogP contribution in [0.2, 0.25) is 0 Å². The van der Waals surface area contributed by atoms with E-state index >= 15 is 0 Å². The van der Waals surface area contributed by atoms with Gasteiger partial charge in [0.1, 0.15) is 0 Å². The maximum absolute atomic E-state index is 5.25. The number of fused-ring (bicyclic) bond motifs is 1. The van der Waals surface area contributed by atoms with Gasteiger partial charge >= 0.3 is 0 Å². The van der Waals surface area contributed by atoms with Crippen molar-refractivity contribution >= 4 is 5.69 Å². The summed E-state index contributed by atoms with van der Waals surface area (Å²) >= 11 is 0. The molecule has 1 N–H and O–H groups in total. The predicted molar refractivity (Wildman–Crippen MR) is 89.3 cm³/mol. The first-order valence-corrected chi connectivity index (χ1v) is 8.23. The Morgan fingerprint density at radius 2 is 2.13 bits per heavy atom. The number of pyridine rings is 2. The molecular formula is C18H22N4O. The summed E-state index contributed by atoms with van der Waals surface area (Å²) < 4.78 is 5.25. The van der Waals surface area contributed by atoms with Gasteiger partial charge in [-0.05, 0) is 24.6 Å². The van der Waals surface area contributed by atoms with Gasteiger partial charge in [-0.15, -0.1) is 0 Å². The van der Waals surface area contributed by atoms with Crippen LogP contribution in [0.25, 0.3) is 0 Å². The van der Waals surface area contributed by atoms with E-state index in [2.05, 4.69) is 45.3 Å². The Kier molecular flexibility index (Phi) is 3.97. The molecule has 4 heterocycles. The van der Waals surface area contributed by atoms with Crippen molar-refractivity contribution in [2.75, 3.05) is 25.1 Å². The fourth-order valence-electron chi connectivity index (χ4n) is 3.09. The van der Waals surface area contributed by atoms with Crippen molar-refractivity contribution < 1.29 is 4.74 Å². The minimum absolute atomic E-state index is 0.451. The number of rotatable bonds is 5. The third-order valence-corrected chi connectivity index (χ3v) is 4.55. The van der Waals surface area contributed by atoms with Crippen molar-refractivity contribution in [2.45, 2.75) is 32.5 Å². The van der Waals surface area contributed by atoms with Crippen LogP contribution in [0, 0.1) is 6.92 Å². The summed E-state index contributed by atoms with van der Waals surface area (Å²) in [6.45, 7) is 6.59. The second-order valence-electron chi connectivity index (χ2n) is 6.45. The molecule has 1 fully saturated rings. The Morgan fingerprint density at radius 1 is 1.22 bits per heavy atom. The van der Waals surface area contributed by atoms with Crippen molar-refractivity contribution in [3.63, 3.8) is 0 Å². The lowest BCUT2D eigenvalue weighted by atomic mass is 10.1. The fraction of sp³-hybridized carbons (Fsp3) is 0.444. The molecule has 2 aliphatic heterocycles. The van der Waals surface area contributed by atoms with E-state index in [1.165, 1.54) is 22.5 Å². The number of hydrogen-bond acceptors (Lipinski definition) is 5. The van der Waals surface area contributed by atoms with Gasteiger partial charge in [-0.2, -0.15) is 0 Å². The zero-order valence-electron chi connectivity index (χ0n) is 13.5. The fourth-order valence-corrected chi connectivity index (χ4v) is 3.09. The van der Waals surface area contributed by atoms with Crippen LogP contribution in [-0.2, 0) is 24.2 Å². The largest absolute Gasteiger partial charge is 0.377 e. The summed E-state index contributed by atoms with van der Waals surface area (Å²) in [7, 11) is 0. The summed E-state index contributed by atoms with van der Waals surface area (Å²) in [6, 6.07) is 6.79. The molecule has 0 amide bonds. The van der Waals surface area contributed by atoms with Gasteiger partial charge in [0.25, 0.3) is 0 Å². The van der Waals surface area contributed by atoms with Gasteiger partial charge in [-0.25, -0.2) is 0 Å². The van der Waals surface area contributed by atoms with Crippen molar-refractivity contribution in [1.29, 1.82) is 0 Å². The lowest BCUT2D eigenvalue weighted by Crippen LogP contribution is -2.40. The highest BCUT2D eigenvalue weighted by Gasteiger charge is 2.25. The van der Waals surface area contributed by atoms with Gasteiger partial charge < -0.3 is 10.1 Å². The minimum atomic E-state index is 0.451. The Labute approximate surface area is 136 Å². The van der Waals surface area contributed by atoms with E-state index in [0.717, 1.165) is 45.0 Å². The summed E-state index contributed by atoms with van der Waals surface area (Å²) in [5.74, 6) is 0. The van der Waals surface area contributed by atoms with E-state index in [1.807, 2.05) is 12.4 Å². The molecule has 0 saturated carbocycles. The Balaban J connectivity index is 1.39. The third-order valence-electron chi connectivity index (χ3n) is 4.55. The van der Waals surface area contributed by atoms with E-state index in [-0.39, 0.29) is 0 Å². The van der Waals surface area contributed by atoms with Crippen LogP contribution in [-0.4, -0.2) is 40.7 Å². The lowest BCUT2D eigenvalue weighted by molar-refractivity contribution is 0.0210. The molecule has 2 aromatic heterocycles. The van der Waals surface area contributed by atoms with Gasteiger partial charge in [-0.1, -0.05) is 6.07 Å². The van der Waals surface area contributed by atoms with Crippen LogP contribution in [0.15, 0.2) is 30.6 Å². The highest BCUT2D eigenvalue weighted by molar-refractivity contribution is 5.54. The van der Waals surface area contributed by atoms with Crippen LogP contribution in [0.5, 0.6) is 0 Å². The highest BCUT2D eigenvalue weighted by Crippen LogP contribution is 2.28. The molecule has 2 aromatic rings. The Morgan fingerprint density at radius 3 is 2.87 bits per heavy atom. The molecule has 23 heavy (non-hydrogen) atoms. The van der Waals surface area contributed by atoms with Crippen LogP contribution in [0.4, 0.5) is 5.69 Å². The second kappa shape index (κ2) is 6.26. The van der Waals surface area contributed by atoms with Crippen LogP contribution >= 0.6 is 0 Å². The molecule has 2 aliphatic rings. The van der Waals surface area contributed by atoms with Gasteiger partial charge in [0, 0.05) is 55.4 Å². The maximum Gasteiger partial charge on any atom is 0.0728 e. The van der Waals surface area contributed by atoms with Gasteiger partial charge in [0.2, 0.25) is 0 Å². The molecule has 1 saturated heterocycles. The van der Waals surface area contributed by atoms with Crippen molar-refractivity contribution in [2.24, 2.45) is 0 Å². The first-order chi connectivity index (χ1) is 11.3. The van der Waals surface area contributed by atoms with E-state index < -0.39 is 0 Å². The van der Waals surface area contributed by atoms with E-state index in [0.29, 0.717) is 6.04 Å². The number of nitrogens with zero attached hydrogens (tertiary/aromatic N) is 3. The van der Waals surface area contributed by atoms with Crippen molar-refractivity contribution in [1.82, 2.24) is 14.9 Å². The summed E-state index contributed by atoms with van der Waals surface area (Å²) in [5.41, 5.74) is 6.13. The quantitative estimate of drug-likeness (QED) is 0.917. The molecule has 0 bridgehead atoms. The van der Waals surface area contributed by atoms with Gasteiger partial charge in [0.05, 0.1) is 24.9 Å². The number of nitrogens with one attached hydrogen (secondary N) is 1. The smallest absolute Gasteiger partial charge is 0.0728 e. The molecule has 5 heteroatoms. The van der Waals surface area contributed by atoms with Crippen LogP contribution in [0.3, 0.4) is 0 Å². The zero-order chi connectivity index (χ0) is 15.6. The van der Waals surface area contributed by atoms with Crippen LogP contribution < -0.4 is 5.32 Å². The first-order valence-electron chi connectivity index (χ1n) is 8.23. The Bertz CT molecular complexity index is 682. The second-order valence-corrected chi connectivity index (χ2v) is 6.45. The van der Waals surface area contributed by atoms with Crippen molar-refractivity contribution in [3.05, 3.63) is 53.1 Å². The number of aryl methyl sites for hydroxylation is 1. The minimum Gasteiger partial charge on any atom is -0.377 e. The monoisotopic (exact) mass is 310 g/mol. The molecule has 4 rings (SSSR count). The van der Waals surface area contributed by atoms with E-state index in [4.69, 9.17) is 4.74 Å². The van der Waals surface area contributed by atoms with Gasteiger partial charge in [0.15, 0.2) is 0 Å². The Hall–Kier alpha value is -1.98. The number of anilines is 1. The summed E-state index contributed by atoms with van der Waals surface area (Å²) in [6.07, 6.45) is 4.83. The van der Waals surface area contributed by atoms with Crippen LogP contribution in [0.1, 0.15) is 22.5 Å². The number of ether oxygens (including phenoxy) is 1. The SMILES string of the molecule is Cc1ccc(CCN2Cc3nccc(NC4COC4)c3C2)nc1. The number of hydrogen-bond donors (Lipinski definition) is 1. The molecule has 5 nitrogen and oxygen atoms in total. The molecule has 120 valence electrons.